The maximum Gasteiger partial charge on any atom is 0.227 e. The average Bonchev–Trinajstić information content (AvgIpc) is 2.60. The van der Waals surface area contributed by atoms with Crippen LogP contribution in [0, 0.1) is 6.92 Å². The summed E-state index contributed by atoms with van der Waals surface area (Å²) in [6.45, 7) is 2.07. The molecule has 0 aliphatic rings. The maximum absolute atomic E-state index is 11.5. The van der Waals surface area contributed by atoms with E-state index in [1.54, 1.807) is 6.92 Å². The Bertz CT molecular complexity index is 864. The van der Waals surface area contributed by atoms with Gasteiger partial charge >= 0.3 is 0 Å². The van der Waals surface area contributed by atoms with Crippen LogP contribution >= 0.6 is 0 Å². The molecule has 24 heavy (non-hydrogen) atoms. The maximum atomic E-state index is 11.5. The molecule has 0 aliphatic heterocycles. The SMILES string of the molecule is Cc1cc(=O)c(O)c(COCc2ccc(-c3ccccc3)cc2)o1. The molecule has 0 unspecified atom stereocenters. The smallest absolute Gasteiger partial charge is 0.227 e. The van der Waals surface area contributed by atoms with E-state index in [9.17, 15) is 9.90 Å². The fourth-order valence-electron chi connectivity index (χ4n) is 2.45. The van der Waals surface area contributed by atoms with Crippen LogP contribution in [0.25, 0.3) is 11.1 Å². The monoisotopic (exact) mass is 322 g/mol. The molecule has 3 rings (SSSR count). The second kappa shape index (κ2) is 7.15. The Kier molecular flexibility index (Phi) is 4.77. The van der Waals surface area contributed by atoms with Crippen molar-refractivity contribution in [1.82, 2.24) is 0 Å². The summed E-state index contributed by atoms with van der Waals surface area (Å²) in [5, 5.41) is 9.70. The van der Waals surface area contributed by atoms with Crippen molar-refractivity contribution in [3.8, 4) is 16.9 Å². The van der Waals surface area contributed by atoms with E-state index < -0.39 is 5.43 Å². The lowest BCUT2D eigenvalue weighted by Crippen LogP contribution is -2.04. The Labute approximate surface area is 140 Å². The highest BCUT2D eigenvalue weighted by Crippen LogP contribution is 2.20. The first-order valence-electron chi connectivity index (χ1n) is 7.68. The van der Waals surface area contributed by atoms with E-state index in [0.717, 1.165) is 16.7 Å². The Morgan fingerprint density at radius 3 is 2.33 bits per heavy atom. The third-order valence-corrected chi connectivity index (χ3v) is 3.68. The van der Waals surface area contributed by atoms with Gasteiger partial charge < -0.3 is 14.3 Å². The zero-order valence-corrected chi connectivity index (χ0v) is 13.4. The molecule has 0 aliphatic carbocycles. The van der Waals surface area contributed by atoms with Gasteiger partial charge in [-0.05, 0) is 23.6 Å². The molecule has 0 spiro atoms. The van der Waals surface area contributed by atoms with Gasteiger partial charge in [0.15, 0.2) is 5.76 Å². The van der Waals surface area contributed by atoms with Crippen LogP contribution in [0.15, 0.2) is 69.9 Å². The van der Waals surface area contributed by atoms with Crippen LogP contribution in [0.2, 0.25) is 0 Å². The van der Waals surface area contributed by atoms with E-state index in [4.69, 9.17) is 9.15 Å². The molecule has 1 aromatic heterocycles. The fraction of sp³-hybridized carbons (Fsp3) is 0.150. The zero-order chi connectivity index (χ0) is 16.9. The first-order valence-corrected chi connectivity index (χ1v) is 7.68. The molecule has 1 N–H and O–H groups in total. The quantitative estimate of drug-likeness (QED) is 0.770. The average molecular weight is 322 g/mol. The van der Waals surface area contributed by atoms with E-state index in [2.05, 4.69) is 12.1 Å². The summed E-state index contributed by atoms with van der Waals surface area (Å²) in [6.07, 6.45) is 0. The summed E-state index contributed by atoms with van der Waals surface area (Å²) < 4.78 is 10.9. The number of hydrogen-bond donors (Lipinski definition) is 1. The summed E-state index contributed by atoms with van der Waals surface area (Å²) in [5.41, 5.74) is 2.85. The van der Waals surface area contributed by atoms with Gasteiger partial charge in [0.1, 0.15) is 12.4 Å². The van der Waals surface area contributed by atoms with Gasteiger partial charge in [0.2, 0.25) is 11.2 Å². The minimum atomic E-state index is -0.454. The Morgan fingerprint density at radius 1 is 0.958 bits per heavy atom. The predicted molar refractivity (Wildman–Crippen MR) is 91.8 cm³/mol. The van der Waals surface area contributed by atoms with Gasteiger partial charge in [0.25, 0.3) is 0 Å². The summed E-state index contributed by atoms with van der Waals surface area (Å²) in [6, 6.07) is 19.5. The number of hydrogen-bond acceptors (Lipinski definition) is 4. The van der Waals surface area contributed by atoms with Crippen LogP contribution in [0.4, 0.5) is 0 Å². The molecule has 4 nitrogen and oxygen atoms in total. The second-order valence-corrected chi connectivity index (χ2v) is 5.55. The van der Waals surface area contributed by atoms with E-state index in [1.807, 2.05) is 42.5 Å². The van der Waals surface area contributed by atoms with Crippen molar-refractivity contribution in [1.29, 1.82) is 0 Å². The lowest BCUT2D eigenvalue weighted by Gasteiger charge is -2.07. The largest absolute Gasteiger partial charge is 0.502 e. The number of aromatic hydroxyl groups is 1. The van der Waals surface area contributed by atoms with Gasteiger partial charge in [-0.15, -0.1) is 0 Å². The zero-order valence-electron chi connectivity index (χ0n) is 13.4. The number of benzene rings is 2. The third-order valence-electron chi connectivity index (χ3n) is 3.68. The van der Waals surface area contributed by atoms with Crippen molar-refractivity contribution in [3.63, 3.8) is 0 Å². The van der Waals surface area contributed by atoms with E-state index in [0.29, 0.717) is 12.4 Å². The standard InChI is InChI=1S/C20H18O4/c1-14-11-18(21)20(22)19(24-14)13-23-12-15-7-9-17(10-8-15)16-5-3-2-4-6-16/h2-11,22H,12-13H2,1H3. The lowest BCUT2D eigenvalue weighted by atomic mass is 10.0. The highest BCUT2D eigenvalue weighted by molar-refractivity contribution is 5.63. The number of aryl methyl sites for hydroxylation is 1. The molecule has 4 heteroatoms. The summed E-state index contributed by atoms with van der Waals surface area (Å²) in [4.78, 5) is 11.5. The minimum Gasteiger partial charge on any atom is -0.502 e. The molecule has 0 bridgehead atoms. The lowest BCUT2D eigenvalue weighted by molar-refractivity contribution is 0.0881. The Balaban J connectivity index is 1.63. The van der Waals surface area contributed by atoms with Crippen LogP contribution in [-0.2, 0) is 18.0 Å². The molecular weight excluding hydrogens is 304 g/mol. The van der Waals surface area contributed by atoms with E-state index in [-0.39, 0.29) is 18.1 Å². The van der Waals surface area contributed by atoms with Crippen molar-refractivity contribution in [2.45, 2.75) is 20.1 Å². The summed E-state index contributed by atoms with van der Waals surface area (Å²) >= 11 is 0. The first kappa shape index (κ1) is 16.0. The third kappa shape index (κ3) is 3.73. The fourth-order valence-corrected chi connectivity index (χ4v) is 2.45. The molecule has 0 saturated heterocycles. The van der Waals surface area contributed by atoms with Crippen molar-refractivity contribution in [3.05, 3.63) is 88.0 Å². The number of rotatable bonds is 5. The Hall–Kier alpha value is -2.85. The summed E-state index contributed by atoms with van der Waals surface area (Å²) in [7, 11) is 0. The molecular formula is C20H18O4. The van der Waals surface area contributed by atoms with Gasteiger partial charge in [-0.1, -0.05) is 54.6 Å². The molecule has 0 atom stereocenters. The summed E-state index contributed by atoms with van der Waals surface area (Å²) in [5.74, 6) is 0.213. The van der Waals surface area contributed by atoms with E-state index >= 15 is 0 Å². The molecule has 0 radical (unpaired) electrons. The van der Waals surface area contributed by atoms with Gasteiger partial charge in [0, 0.05) is 6.07 Å². The minimum absolute atomic E-state index is 0.0448. The highest BCUT2D eigenvalue weighted by atomic mass is 16.5. The van der Waals surface area contributed by atoms with Crippen molar-refractivity contribution >= 4 is 0 Å². The molecule has 0 fully saturated rings. The van der Waals surface area contributed by atoms with Gasteiger partial charge in [0.05, 0.1) is 6.61 Å². The van der Waals surface area contributed by atoms with Crippen molar-refractivity contribution < 1.29 is 14.3 Å². The van der Waals surface area contributed by atoms with Crippen molar-refractivity contribution in [2.24, 2.45) is 0 Å². The first-order chi connectivity index (χ1) is 11.6. The second-order valence-electron chi connectivity index (χ2n) is 5.55. The molecule has 1 heterocycles. The normalized spacial score (nSPS) is 10.7. The van der Waals surface area contributed by atoms with Crippen LogP contribution < -0.4 is 5.43 Å². The van der Waals surface area contributed by atoms with Crippen LogP contribution in [0.3, 0.4) is 0 Å². The Morgan fingerprint density at radius 2 is 1.62 bits per heavy atom. The molecule has 0 amide bonds. The number of ether oxygens (including phenoxy) is 1. The topological polar surface area (TPSA) is 59.7 Å². The predicted octanol–water partition coefficient (Wildman–Crippen LogP) is 4.04. The molecule has 3 aromatic rings. The van der Waals surface area contributed by atoms with Crippen LogP contribution in [0.1, 0.15) is 17.1 Å². The van der Waals surface area contributed by atoms with E-state index in [1.165, 1.54) is 6.07 Å². The highest BCUT2D eigenvalue weighted by Gasteiger charge is 2.09. The molecule has 122 valence electrons. The van der Waals surface area contributed by atoms with Gasteiger partial charge in [-0.25, -0.2) is 0 Å². The van der Waals surface area contributed by atoms with Gasteiger partial charge in [-0.3, -0.25) is 4.79 Å². The van der Waals surface area contributed by atoms with Crippen LogP contribution in [0.5, 0.6) is 5.75 Å². The van der Waals surface area contributed by atoms with Gasteiger partial charge in [-0.2, -0.15) is 0 Å². The molecule has 0 saturated carbocycles. The van der Waals surface area contributed by atoms with Crippen molar-refractivity contribution in [2.75, 3.05) is 0 Å². The molecule has 2 aromatic carbocycles. The van der Waals surface area contributed by atoms with Crippen LogP contribution in [-0.4, -0.2) is 5.11 Å².